The number of nitrogens with zero attached hydrogens (tertiary/aromatic N) is 3. The van der Waals surface area contributed by atoms with Gasteiger partial charge in [-0.15, -0.1) is 0 Å². The van der Waals surface area contributed by atoms with Crippen LogP contribution in [-0.2, 0) is 9.47 Å². The third kappa shape index (κ3) is 5.28. The van der Waals surface area contributed by atoms with Gasteiger partial charge in [0.15, 0.2) is 0 Å². The van der Waals surface area contributed by atoms with Crippen LogP contribution in [0, 0.1) is 12.8 Å². The molecule has 194 valence electrons. The molecule has 0 spiro atoms. The summed E-state index contributed by atoms with van der Waals surface area (Å²) in [4.78, 5) is 21.9. The first-order valence-corrected chi connectivity index (χ1v) is 13.0. The van der Waals surface area contributed by atoms with Crippen LogP contribution in [0.4, 0.5) is 22.1 Å². The largest absolute Gasteiger partial charge is 0.394 e. The summed E-state index contributed by atoms with van der Waals surface area (Å²) >= 11 is 0. The molecule has 1 aromatic carbocycles. The summed E-state index contributed by atoms with van der Waals surface area (Å²) in [5.41, 5.74) is 3.41. The molecule has 4 heterocycles. The van der Waals surface area contributed by atoms with E-state index < -0.39 is 5.54 Å². The molecule has 3 N–H and O–H groups in total. The van der Waals surface area contributed by atoms with Gasteiger partial charge in [-0.3, -0.25) is 0 Å². The molecule has 2 amide bonds. The topological polar surface area (TPSA) is 99.2 Å². The summed E-state index contributed by atoms with van der Waals surface area (Å²) < 4.78 is 10.9. The first-order chi connectivity index (χ1) is 17.5. The van der Waals surface area contributed by atoms with Crippen molar-refractivity contribution in [3.05, 3.63) is 35.9 Å². The van der Waals surface area contributed by atoms with Crippen molar-refractivity contribution in [3.63, 3.8) is 0 Å². The number of amides is 2. The van der Waals surface area contributed by atoms with Gasteiger partial charge in [-0.25, -0.2) is 9.78 Å². The lowest BCUT2D eigenvalue weighted by molar-refractivity contribution is -0.0651. The van der Waals surface area contributed by atoms with Crippen LogP contribution in [0.1, 0.15) is 25.3 Å². The number of likely N-dealkylation sites (tertiary alicyclic amines) is 1. The monoisotopic (exact) mass is 495 g/mol. The summed E-state index contributed by atoms with van der Waals surface area (Å²) in [7, 11) is 0. The molecular formula is C27H37N5O4. The first kappa shape index (κ1) is 24.8. The Morgan fingerprint density at radius 3 is 2.64 bits per heavy atom. The van der Waals surface area contributed by atoms with E-state index in [2.05, 4.69) is 35.4 Å². The molecule has 0 radical (unpaired) electrons. The van der Waals surface area contributed by atoms with Gasteiger partial charge in [0.2, 0.25) is 0 Å². The van der Waals surface area contributed by atoms with Gasteiger partial charge < -0.3 is 35.0 Å². The Labute approximate surface area is 212 Å². The highest BCUT2D eigenvalue weighted by molar-refractivity contribution is 5.91. The zero-order valence-corrected chi connectivity index (χ0v) is 21.3. The number of aliphatic hydroxyl groups is 1. The highest BCUT2D eigenvalue weighted by Crippen LogP contribution is 2.33. The molecule has 3 fully saturated rings. The van der Waals surface area contributed by atoms with Crippen LogP contribution in [0.3, 0.4) is 0 Å². The fourth-order valence-corrected chi connectivity index (χ4v) is 5.08. The molecule has 9 nitrogen and oxygen atoms in total. The van der Waals surface area contributed by atoms with Gasteiger partial charge in [0, 0.05) is 31.9 Å². The standard InChI is InChI=1S/C27H37N5O4/c1-3-20-6-7-32(15-20)26(34)28-22-5-4-19(2)23(14-22)21-12-24(30-27(16-33)17-36-18-27)29-25(13-21)31-8-10-35-11-9-31/h4-5,12-14,20,33H,3,6-11,15-18H2,1-2H3,(H,28,34)(H,29,30)/t20-/m1/s1. The minimum Gasteiger partial charge on any atom is -0.394 e. The van der Waals surface area contributed by atoms with Crippen molar-refractivity contribution in [3.8, 4) is 11.1 Å². The van der Waals surface area contributed by atoms with E-state index >= 15 is 0 Å². The predicted octanol–water partition coefficient (Wildman–Crippen LogP) is 3.33. The maximum absolute atomic E-state index is 12.9. The Kier molecular flexibility index (Phi) is 7.32. The second-order valence-electron chi connectivity index (χ2n) is 10.2. The number of urea groups is 1. The maximum Gasteiger partial charge on any atom is 0.321 e. The molecule has 0 bridgehead atoms. The number of benzene rings is 1. The summed E-state index contributed by atoms with van der Waals surface area (Å²) in [5, 5.41) is 16.5. The number of ether oxygens (including phenoxy) is 2. The molecule has 36 heavy (non-hydrogen) atoms. The van der Waals surface area contributed by atoms with Gasteiger partial charge in [0.1, 0.15) is 17.2 Å². The van der Waals surface area contributed by atoms with Crippen LogP contribution in [0.5, 0.6) is 0 Å². The van der Waals surface area contributed by atoms with Gasteiger partial charge in [-0.05, 0) is 60.2 Å². The number of aromatic nitrogens is 1. The molecule has 1 atom stereocenters. The van der Waals surface area contributed by atoms with Gasteiger partial charge in [0.25, 0.3) is 0 Å². The van der Waals surface area contributed by atoms with Crippen molar-refractivity contribution in [1.29, 1.82) is 0 Å². The summed E-state index contributed by atoms with van der Waals surface area (Å²) in [6.45, 7) is 9.62. The fraction of sp³-hybridized carbons (Fsp3) is 0.556. The molecule has 1 aromatic heterocycles. The van der Waals surface area contributed by atoms with E-state index in [-0.39, 0.29) is 12.6 Å². The number of carbonyl (C=O) groups is 1. The van der Waals surface area contributed by atoms with E-state index in [0.717, 1.165) is 67.2 Å². The summed E-state index contributed by atoms with van der Waals surface area (Å²) in [5.74, 6) is 2.15. The van der Waals surface area contributed by atoms with Gasteiger partial charge >= 0.3 is 6.03 Å². The van der Waals surface area contributed by atoms with E-state index in [0.29, 0.717) is 38.2 Å². The van der Waals surface area contributed by atoms with Crippen LogP contribution in [0.15, 0.2) is 30.3 Å². The van der Waals surface area contributed by atoms with Crippen LogP contribution in [-0.4, -0.2) is 85.8 Å². The Balaban J connectivity index is 1.43. The zero-order chi connectivity index (χ0) is 25.1. The Morgan fingerprint density at radius 1 is 1.17 bits per heavy atom. The molecule has 0 saturated carbocycles. The van der Waals surface area contributed by atoms with Gasteiger partial charge in [-0.2, -0.15) is 0 Å². The summed E-state index contributed by atoms with van der Waals surface area (Å²) in [6, 6.07) is 10.1. The Bertz CT molecular complexity index is 1080. The van der Waals surface area contributed by atoms with Crippen molar-refractivity contribution < 1.29 is 19.4 Å². The number of anilines is 3. The van der Waals surface area contributed by atoms with Crippen molar-refractivity contribution in [2.24, 2.45) is 5.92 Å². The van der Waals surface area contributed by atoms with Gasteiger partial charge in [0.05, 0.1) is 33.0 Å². The number of carbonyl (C=O) groups excluding carboxylic acids is 1. The number of pyridine rings is 1. The number of nitrogens with one attached hydrogen (secondary N) is 2. The molecule has 3 aliphatic heterocycles. The number of hydrogen-bond acceptors (Lipinski definition) is 7. The molecule has 3 aliphatic rings. The summed E-state index contributed by atoms with van der Waals surface area (Å²) in [6.07, 6.45) is 2.17. The second-order valence-corrected chi connectivity index (χ2v) is 10.2. The SMILES string of the molecule is CC[C@@H]1CCN(C(=O)Nc2ccc(C)c(-c3cc(NC4(CO)COC4)nc(N4CCOCC4)c3)c2)C1. The quantitative estimate of drug-likeness (QED) is 0.542. The van der Waals surface area contributed by atoms with Crippen molar-refractivity contribution >= 4 is 23.4 Å². The highest BCUT2D eigenvalue weighted by atomic mass is 16.5. The molecule has 0 aliphatic carbocycles. The van der Waals surface area contributed by atoms with Crippen molar-refractivity contribution in [2.45, 2.75) is 32.2 Å². The van der Waals surface area contributed by atoms with Crippen molar-refractivity contribution in [2.75, 3.05) is 74.7 Å². The molecule has 0 unspecified atom stereocenters. The third-order valence-corrected chi connectivity index (χ3v) is 7.55. The third-order valence-electron chi connectivity index (χ3n) is 7.55. The number of aryl methyl sites for hydroxylation is 1. The number of morpholine rings is 1. The highest BCUT2D eigenvalue weighted by Gasteiger charge is 2.38. The van der Waals surface area contributed by atoms with Gasteiger partial charge in [-0.1, -0.05) is 19.4 Å². The van der Waals surface area contributed by atoms with Crippen LogP contribution in [0.2, 0.25) is 0 Å². The Morgan fingerprint density at radius 2 is 1.97 bits per heavy atom. The molecule has 9 heteroatoms. The van der Waals surface area contributed by atoms with Crippen LogP contribution >= 0.6 is 0 Å². The van der Waals surface area contributed by atoms with E-state index in [1.807, 2.05) is 29.2 Å². The molecular weight excluding hydrogens is 458 g/mol. The number of rotatable bonds is 7. The number of aliphatic hydroxyl groups excluding tert-OH is 1. The number of hydrogen-bond donors (Lipinski definition) is 3. The van der Waals surface area contributed by atoms with E-state index in [4.69, 9.17) is 14.5 Å². The lowest BCUT2D eigenvalue weighted by Gasteiger charge is -2.41. The normalized spacial score (nSPS) is 21.2. The second kappa shape index (κ2) is 10.6. The fourth-order valence-electron chi connectivity index (χ4n) is 5.08. The lowest BCUT2D eigenvalue weighted by atomic mass is 9.97. The molecule has 2 aromatic rings. The van der Waals surface area contributed by atoms with Crippen LogP contribution < -0.4 is 15.5 Å². The minimum atomic E-state index is -0.509. The first-order valence-electron chi connectivity index (χ1n) is 13.0. The van der Waals surface area contributed by atoms with Crippen LogP contribution in [0.25, 0.3) is 11.1 Å². The average Bonchev–Trinajstić information content (AvgIpc) is 3.37. The zero-order valence-electron chi connectivity index (χ0n) is 21.3. The van der Waals surface area contributed by atoms with E-state index in [9.17, 15) is 9.90 Å². The Hall–Kier alpha value is -2.88. The average molecular weight is 496 g/mol. The van der Waals surface area contributed by atoms with E-state index in [1.54, 1.807) is 0 Å². The minimum absolute atomic E-state index is 0.0261. The smallest absolute Gasteiger partial charge is 0.321 e. The lowest BCUT2D eigenvalue weighted by Crippen LogP contribution is -2.58. The molecule has 5 rings (SSSR count). The maximum atomic E-state index is 12.9. The molecule has 3 saturated heterocycles. The van der Waals surface area contributed by atoms with E-state index in [1.165, 1.54) is 0 Å². The van der Waals surface area contributed by atoms with Crippen molar-refractivity contribution in [1.82, 2.24) is 9.88 Å². The predicted molar refractivity (Wildman–Crippen MR) is 141 cm³/mol.